The van der Waals surface area contributed by atoms with Crippen molar-refractivity contribution >= 4 is 28.6 Å². The van der Waals surface area contributed by atoms with Crippen molar-refractivity contribution in [1.82, 2.24) is 0 Å². The van der Waals surface area contributed by atoms with Crippen LogP contribution in [0.5, 0.6) is 0 Å². The predicted molar refractivity (Wildman–Crippen MR) is 81.5 cm³/mol. The molecule has 0 heterocycles. The fourth-order valence-corrected chi connectivity index (χ4v) is 2.14. The molecule has 0 aliphatic carbocycles. The number of anilines is 2. The Morgan fingerprint density at radius 2 is 1.89 bits per heavy atom. The second-order valence-electron chi connectivity index (χ2n) is 4.50. The van der Waals surface area contributed by atoms with E-state index in [4.69, 9.17) is 18.0 Å². The Morgan fingerprint density at radius 3 is 2.53 bits per heavy atom. The van der Waals surface area contributed by atoms with Crippen molar-refractivity contribution < 1.29 is 4.39 Å². The minimum atomic E-state index is -0.276. The molecule has 0 unspecified atom stereocenters. The zero-order valence-corrected chi connectivity index (χ0v) is 11.6. The number of nitrogens with one attached hydrogen (secondary N) is 1. The summed E-state index contributed by atoms with van der Waals surface area (Å²) in [6, 6.07) is 10.5. The van der Waals surface area contributed by atoms with Crippen molar-refractivity contribution in [3.63, 3.8) is 0 Å². The van der Waals surface area contributed by atoms with Gasteiger partial charge in [-0.05, 0) is 55.3 Å². The quantitative estimate of drug-likeness (QED) is 0.836. The number of rotatable bonds is 3. The molecule has 2 aromatic rings. The van der Waals surface area contributed by atoms with Crippen LogP contribution < -0.4 is 11.1 Å². The summed E-state index contributed by atoms with van der Waals surface area (Å²) in [5.41, 5.74) is 9.68. The lowest BCUT2D eigenvalue weighted by molar-refractivity contribution is 0.631. The van der Waals surface area contributed by atoms with Crippen molar-refractivity contribution in [3.8, 4) is 0 Å². The average molecular weight is 274 g/mol. The molecule has 0 saturated carbocycles. The first-order chi connectivity index (χ1) is 8.97. The molecule has 0 atom stereocenters. The Hall–Kier alpha value is -1.94. The van der Waals surface area contributed by atoms with Gasteiger partial charge in [-0.15, -0.1) is 0 Å². The van der Waals surface area contributed by atoms with E-state index in [-0.39, 0.29) is 5.82 Å². The third-order valence-corrected chi connectivity index (χ3v) is 3.11. The largest absolute Gasteiger partial charge is 0.389 e. The molecule has 2 rings (SSSR count). The molecule has 2 aromatic carbocycles. The summed E-state index contributed by atoms with van der Waals surface area (Å²) >= 11 is 4.96. The van der Waals surface area contributed by atoms with Crippen LogP contribution in [0.25, 0.3) is 0 Å². The maximum absolute atomic E-state index is 13.7. The maximum atomic E-state index is 13.7. The van der Waals surface area contributed by atoms with Gasteiger partial charge in [0.15, 0.2) is 0 Å². The van der Waals surface area contributed by atoms with E-state index in [2.05, 4.69) is 5.32 Å². The first-order valence-corrected chi connectivity index (χ1v) is 6.32. The molecule has 0 fully saturated rings. The summed E-state index contributed by atoms with van der Waals surface area (Å²) in [6.45, 7) is 3.85. The van der Waals surface area contributed by atoms with Gasteiger partial charge in [0.2, 0.25) is 0 Å². The molecule has 98 valence electrons. The SMILES string of the molecule is Cc1ccc(F)c(Nc2ccc(C(N)=S)c(C)c2)c1. The van der Waals surface area contributed by atoms with Gasteiger partial charge >= 0.3 is 0 Å². The van der Waals surface area contributed by atoms with Crippen LogP contribution in [0.4, 0.5) is 15.8 Å². The van der Waals surface area contributed by atoms with Crippen molar-refractivity contribution in [1.29, 1.82) is 0 Å². The first-order valence-electron chi connectivity index (χ1n) is 5.91. The highest BCUT2D eigenvalue weighted by molar-refractivity contribution is 7.80. The number of benzene rings is 2. The highest BCUT2D eigenvalue weighted by Crippen LogP contribution is 2.23. The highest BCUT2D eigenvalue weighted by atomic mass is 32.1. The van der Waals surface area contributed by atoms with Crippen LogP contribution in [-0.4, -0.2) is 4.99 Å². The molecule has 0 spiro atoms. The molecular weight excluding hydrogens is 259 g/mol. The Kier molecular flexibility index (Phi) is 3.81. The zero-order chi connectivity index (χ0) is 14.0. The van der Waals surface area contributed by atoms with Crippen LogP contribution >= 0.6 is 12.2 Å². The van der Waals surface area contributed by atoms with E-state index in [9.17, 15) is 4.39 Å². The van der Waals surface area contributed by atoms with Crippen LogP contribution in [0.3, 0.4) is 0 Å². The molecule has 0 radical (unpaired) electrons. The van der Waals surface area contributed by atoms with Crippen LogP contribution in [0, 0.1) is 19.7 Å². The molecule has 0 aliphatic rings. The van der Waals surface area contributed by atoms with Gasteiger partial charge in [0.25, 0.3) is 0 Å². The van der Waals surface area contributed by atoms with Crippen molar-refractivity contribution in [2.75, 3.05) is 5.32 Å². The van der Waals surface area contributed by atoms with E-state index < -0.39 is 0 Å². The van der Waals surface area contributed by atoms with E-state index in [1.165, 1.54) is 6.07 Å². The topological polar surface area (TPSA) is 38.0 Å². The molecule has 19 heavy (non-hydrogen) atoms. The second-order valence-corrected chi connectivity index (χ2v) is 4.94. The molecule has 0 aromatic heterocycles. The minimum Gasteiger partial charge on any atom is -0.389 e. The van der Waals surface area contributed by atoms with Crippen LogP contribution in [0.1, 0.15) is 16.7 Å². The Morgan fingerprint density at radius 1 is 1.16 bits per heavy atom. The van der Waals surface area contributed by atoms with Gasteiger partial charge in [0, 0.05) is 11.3 Å². The summed E-state index contributed by atoms with van der Waals surface area (Å²) in [5.74, 6) is -0.276. The monoisotopic (exact) mass is 274 g/mol. The minimum absolute atomic E-state index is 0.276. The summed E-state index contributed by atoms with van der Waals surface area (Å²) < 4.78 is 13.7. The van der Waals surface area contributed by atoms with Crippen molar-refractivity contribution in [2.45, 2.75) is 13.8 Å². The molecule has 2 nitrogen and oxygen atoms in total. The molecule has 0 aliphatic heterocycles. The van der Waals surface area contributed by atoms with E-state index in [1.807, 2.05) is 32.0 Å². The molecule has 0 saturated heterocycles. The third-order valence-electron chi connectivity index (χ3n) is 2.89. The molecule has 0 bridgehead atoms. The van der Waals surface area contributed by atoms with Crippen LogP contribution in [-0.2, 0) is 0 Å². The second kappa shape index (κ2) is 5.36. The van der Waals surface area contributed by atoms with E-state index in [0.717, 1.165) is 22.4 Å². The van der Waals surface area contributed by atoms with Crippen LogP contribution in [0.2, 0.25) is 0 Å². The first kappa shape index (κ1) is 13.5. The smallest absolute Gasteiger partial charge is 0.146 e. The molecular formula is C15H15FN2S. The van der Waals surface area contributed by atoms with E-state index in [0.29, 0.717) is 10.7 Å². The van der Waals surface area contributed by atoms with Gasteiger partial charge in [-0.2, -0.15) is 0 Å². The fraction of sp³-hybridized carbons (Fsp3) is 0.133. The predicted octanol–water partition coefficient (Wildman–Crippen LogP) is 3.82. The fourth-order valence-electron chi connectivity index (χ4n) is 1.91. The Balaban J connectivity index is 2.31. The highest BCUT2D eigenvalue weighted by Gasteiger charge is 2.05. The van der Waals surface area contributed by atoms with Gasteiger partial charge in [-0.3, -0.25) is 0 Å². The Labute approximate surface area is 117 Å². The number of halogens is 1. The number of nitrogens with two attached hydrogens (primary N) is 1. The van der Waals surface area contributed by atoms with Gasteiger partial charge in [-0.1, -0.05) is 18.3 Å². The molecule has 3 N–H and O–H groups in total. The number of hydrogen-bond donors (Lipinski definition) is 2. The van der Waals surface area contributed by atoms with E-state index >= 15 is 0 Å². The lowest BCUT2D eigenvalue weighted by atomic mass is 10.1. The van der Waals surface area contributed by atoms with Crippen molar-refractivity contribution in [2.24, 2.45) is 5.73 Å². The van der Waals surface area contributed by atoms with Crippen molar-refractivity contribution in [3.05, 3.63) is 58.9 Å². The van der Waals surface area contributed by atoms with E-state index in [1.54, 1.807) is 12.1 Å². The van der Waals surface area contributed by atoms with Gasteiger partial charge in [0.1, 0.15) is 10.8 Å². The normalized spacial score (nSPS) is 10.3. The van der Waals surface area contributed by atoms with Gasteiger partial charge in [-0.25, -0.2) is 4.39 Å². The third kappa shape index (κ3) is 3.09. The molecule has 0 amide bonds. The maximum Gasteiger partial charge on any atom is 0.146 e. The standard InChI is InChI=1S/C15H15FN2S/c1-9-3-6-13(16)14(7-9)18-11-4-5-12(15(17)19)10(2)8-11/h3-8,18H,1-2H3,(H2,17,19). The number of hydrogen-bond acceptors (Lipinski definition) is 2. The van der Waals surface area contributed by atoms with Gasteiger partial charge < -0.3 is 11.1 Å². The summed E-state index contributed by atoms with van der Waals surface area (Å²) in [4.78, 5) is 0.366. The number of thiocarbonyl (C=S) groups is 1. The van der Waals surface area contributed by atoms with Gasteiger partial charge in [0.05, 0.1) is 5.69 Å². The summed E-state index contributed by atoms with van der Waals surface area (Å²) in [5, 5.41) is 3.06. The lowest BCUT2D eigenvalue weighted by Gasteiger charge is -2.11. The van der Waals surface area contributed by atoms with Crippen LogP contribution in [0.15, 0.2) is 36.4 Å². The zero-order valence-electron chi connectivity index (χ0n) is 10.8. The lowest BCUT2D eigenvalue weighted by Crippen LogP contribution is -2.11. The molecule has 4 heteroatoms. The number of aryl methyl sites for hydroxylation is 2. The summed E-state index contributed by atoms with van der Waals surface area (Å²) in [7, 11) is 0. The Bertz CT molecular complexity index is 638. The summed E-state index contributed by atoms with van der Waals surface area (Å²) in [6.07, 6.45) is 0. The average Bonchev–Trinajstić information content (AvgIpc) is 2.33.